The van der Waals surface area contributed by atoms with Crippen LogP contribution in [0.25, 0.3) is 0 Å². The SMILES string of the molecule is Clc1ccc(N2COc3c(ccc4c3OCN(c3ccc(Cl)cc3)C4)C2)cc1. The van der Waals surface area contributed by atoms with Gasteiger partial charge in [0.05, 0.1) is 0 Å². The second-order valence-corrected chi connectivity index (χ2v) is 7.81. The molecule has 2 heterocycles. The number of hydrogen-bond donors (Lipinski definition) is 0. The first kappa shape index (κ1) is 17.5. The molecule has 6 heteroatoms. The zero-order chi connectivity index (χ0) is 19.1. The number of benzene rings is 3. The molecule has 0 saturated heterocycles. The first-order valence-electron chi connectivity index (χ1n) is 9.09. The molecule has 0 N–H and O–H groups in total. The molecule has 0 spiro atoms. The lowest BCUT2D eigenvalue weighted by molar-refractivity contribution is 0.239. The summed E-state index contributed by atoms with van der Waals surface area (Å²) in [5.74, 6) is 1.72. The van der Waals surface area contributed by atoms with Crippen molar-refractivity contribution in [2.45, 2.75) is 13.1 Å². The maximum absolute atomic E-state index is 6.11. The molecule has 0 fully saturated rings. The minimum Gasteiger partial charge on any atom is -0.469 e. The molecular formula is C22H18Cl2N2O2. The van der Waals surface area contributed by atoms with Crippen LogP contribution in [0.3, 0.4) is 0 Å². The Morgan fingerprint density at radius 3 is 1.36 bits per heavy atom. The molecule has 0 saturated carbocycles. The Labute approximate surface area is 173 Å². The average Bonchev–Trinajstić information content (AvgIpc) is 2.74. The lowest BCUT2D eigenvalue weighted by atomic mass is 10.0. The molecule has 0 atom stereocenters. The molecule has 5 rings (SSSR count). The highest BCUT2D eigenvalue weighted by molar-refractivity contribution is 6.30. The second kappa shape index (κ2) is 7.12. The van der Waals surface area contributed by atoms with Crippen molar-refractivity contribution in [1.82, 2.24) is 0 Å². The minimum atomic E-state index is 0.481. The number of fused-ring (bicyclic) bond motifs is 3. The van der Waals surface area contributed by atoms with E-state index >= 15 is 0 Å². The summed E-state index contributed by atoms with van der Waals surface area (Å²) in [4.78, 5) is 4.35. The molecule has 28 heavy (non-hydrogen) atoms. The van der Waals surface area contributed by atoms with Gasteiger partial charge in [0.15, 0.2) is 25.0 Å². The molecule has 2 aliphatic heterocycles. The maximum atomic E-state index is 6.11. The summed E-state index contributed by atoms with van der Waals surface area (Å²) in [5.41, 5.74) is 4.42. The van der Waals surface area contributed by atoms with Gasteiger partial charge < -0.3 is 19.3 Å². The van der Waals surface area contributed by atoms with Crippen LogP contribution in [0.5, 0.6) is 11.5 Å². The van der Waals surface area contributed by atoms with Crippen LogP contribution in [0, 0.1) is 0 Å². The van der Waals surface area contributed by atoms with Gasteiger partial charge in [0.1, 0.15) is 0 Å². The van der Waals surface area contributed by atoms with Crippen LogP contribution in [0.1, 0.15) is 11.1 Å². The Kier molecular flexibility index (Phi) is 4.46. The van der Waals surface area contributed by atoms with Crippen molar-refractivity contribution in [2.24, 2.45) is 0 Å². The van der Waals surface area contributed by atoms with Crippen LogP contribution >= 0.6 is 23.2 Å². The topological polar surface area (TPSA) is 24.9 Å². The average molecular weight is 413 g/mol. The Morgan fingerprint density at radius 2 is 0.964 bits per heavy atom. The van der Waals surface area contributed by atoms with Crippen molar-refractivity contribution in [3.05, 3.63) is 81.8 Å². The van der Waals surface area contributed by atoms with Gasteiger partial charge in [-0.05, 0) is 48.5 Å². The van der Waals surface area contributed by atoms with Gasteiger partial charge in [-0.25, -0.2) is 0 Å². The molecule has 2 aliphatic rings. The first-order valence-corrected chi connectivity index (χ1v) is 9.84. The molecule has 3 aromatic rings. The number of halogens is 2. The first-order chi connectivity index (χ1) is 13.7. The Bertz CT molecular complexity index is 924. The van der Waals surface area contributed by atoms with Crippen molar-refractivity contribution >= 4 is 34.6 Å². The standard InChI is InChI=1S/C22H18Cl2N2O2/c23-17-3-7-19(8-4-17)25-11-15-1-2-16-12-26(20-9-5-18(24)6-10-20)14-28-22(16)21(15)27-13-25/h1-10H,11-14H2. The van der Waals surface area contributed by atoms with E-state index in [1.54, 1.807) is 0 Å². The molecule has 0 aromatic heterocycles. The van der Waals surface area contributed by atoms with Crippen molar-refractivity contribution in [2.75, 3.05) is 23.3 Å². The zero-order valence-electron chi connectivity index (χ0n) is 15.1. The third-order valence-corrected chi connectivity index (χ3v) is 5.61. The fourth-order valence-electron chi connectivity index (χ4n) is 3.63. The molecule has 4 nitrogen and oxygen atoms in total. The highest BCUT2D eigenvalue weighted by atomic mass is 35.5. The monoisotopic (exact) mass is 412 g/mol. The third-order valence-electron chi connectivity index (χ3n) is 5.11. The van der Waals surface area contributed by atoms with Gasteiger partial charge in [-0.2, -0.15) is 0 Å². The van der Waals surface area contributed by atoms with Crippen molar-refractivity contribution in [3.63, 3.8) is 0 Å². The van der Waals surface area contributed by atoms with Gasteiger partial charge in [0, 0.05) is 45.6 Å². The van der Waals surface area contributed by atoms with Crippen LogP contribution < -0.4 is 19.3 Å². The summed E-state index contributed by atoms with van der Waals surface area (Å²) in [5, 5.41) is 1.46. The van der Waals surface area contributed by atoms with Gasteiger partial charge in [0.25, 0.3) is 0 Å². The van der Waals surface area contributed by atoms with Crippen molar-refractivity contribution in [1.29, 1.82) is 0 Å². The third kappa shape index (κ3) is 3.23. The van der Waals surface area contributed by atoms with Crippen molar-refractivity contribution < 1.29 is 9.47 Å². The second-order valence-electron chi connectivity index (χ2n) is 6.94. The lowest BCUT2D eigenvalue weighted by Gasteiger charge is -2.36. The van der Waals surface area contributed by atoms with Crippen LogP contribution in [0.15, 0.2) is 60.7 Å². The normalized spacial score (nSPS) is 15.4. The summed E-state index contributed by atoms with van der Waals surface area (Å²) < 4.78 is 12.2. The number of anilines is 2. The van der Waals surface area contributed by atoms with E-state index in [1.165, 1.54) is 0 Å². The molecule has 0 aliphatic carbocycles. The Hall–Kier alpha value is -2.56. The number of rotatable bonds is 2. The van der Waals surface area contributed by atoms with Gasteiger partial charge in [-0.3, -0.25) is 0 Å². The van der Waals surface area contributed by atoms with Crippen LogP contribution in [-0.4, -0.2) is 13.5 Å². The summed E-state index contributed by atoms with van der Waals surface area (Å²) in [6, 6.07) is 19.9. The molecule has 0 radical (unpaired) electrons. The van der Waals surface area contributed by atoms with E-state index in [0.29, 0.717) is 13.5 Å². The van der Waals surface area contributed by atoms with Gasteiger partial charge in [-0.1, -0.05) is 35.3 Å². The van der Waals surface area contributed by atoms with E-state index < -0.39 is 0 Å². The summed E-state index contributed by atoms with van der Waals surface area (Å²) in [6.07, 6.45) is 0. The summed E-state index contributed by atoms with van der Waals surface area (Å²) >= 11 is 12.0. The zero-order valence-corrected chi connectivity index (χ0v) is 16.6. The van der Waals surface area contributed by atoms with E-state index in [1.807, 2.05) is 48.5 Å². The van der Waals surface area contributed by atoms with E-state index in [-0.39, 0.29) is 0 Å². The van der Waals surface area contributed by atoms with E-state index in [4.69, 9.17) is 32.7 Å². The van der Waals surface area contributed by atoms with Crippen molar-refractivity contribution in [3.8, 4) is 11.5 Å². The molecular weight excluding hydrogens is 395 g/mol. The predicted molar refractivity (Wildman–Crippen MR) is 113 cm³/mol. The molecule has 0 bridgehead atoms. The number of hydrogen-bond acceptors (Lipinski definition) is 4. The van der Waals surface area contributed by atoms with E-state index in [0.717, 1.165) is 57.1 Å². The van der Waals surface area contributed by atoms with Gasteiger partial charge in [-0.15, -0.1) is 0 Å². The minimum absolute atomic E-state index is 0.481. The molecule has 142 valence electrons. The highest BCUT2D eigenvalue weighted by Crippen LogP contribution is 2.42. The quantitative estimate of drug-likeness (QED) is 0.538. The predicted octanol–water partition coefficient (Wildman–Crippen LogP) is 5.71. The Balaban J connectivity index is 1.38. The van der Waals surface area contributed by atoms with Crippen LogP contribution in [0.2, 0.25) is 10.0 Å². The van der Waals surface area contributed by atoms with E-state index in [9.17, 15) is 0 Å². The summed E-state index contributed by atoms with van der Waals surface area (Å²) in [6.45, 7) is 2.51. The summed E-state index contributed by atoms with van der Waals surface area (Å²) in [7, 11) is 0. The molecule has 0 amide bonds. The Morgan fingerprint density at radius 1 is 0.571 bits per heavy atom. The largest absolute Gasteiger partial charge is 0.469 e. The van der Waals surface area contributed by atoms with Crippen LogP contribution in [0.4, 0.5) is 11.4 Å². The fraction of sp³-hybridized carbons (Fsp3) is 0.182. The number of nitrogens with zero attached hydrogens (tertiary/aromatic N) is 2. The van der Waals surface area contributed by atoms with Crippen LogP contribution in [-0.2, 0) is 13.1 Å². The maximum Gasteiger partial charge on any atom is 0.169 e. The number of ether oxygens (including phenoxy) is 2. The lowest BCUT2D eigenvalue weighted by Crippen LogP contribution is -2.35. The van der Waals surface area contributed by atoms with E-state index in [2.05, 4.69) is 21.9 Å². The fourth-order valence-corrected chi connectivity index (χ4v) is 3.88. The van der Waals surface area contributed by atoms with Gasteiger partial charge >= 0.3 is 0 Å². The van der Waals surface area contributed by atoms with Gasteiger partial charge in [0.2, 0.25) is 0 Å². The smallest absolute Gasteiger partial charge is 0.169 e. The molecule has 3 aromatic carbocycles. The molecule has 0 unspecified atom stereocenters. The highest BCUT2D eigenvalue weighted by Gasteiger charge is 2.27.